The SMILES string of the molecule is Nc1nnc(SCCC=O)s1. The first-order valence-electron chi connectivity index (χ1n) is 2.98. The van der Waals surface area contributed by atoms with Crippen molar-refractivity contribution >= 4 is 34.5 Å². The van der Waals surface area contributed by atoms with Crippen LogP contribution < -0.4 is 5.73 Å². The Morgan fingerprint density at radius 2 is 2.45 bits per heavy atom. The van der Waals surface area contributed by atoms with Crippen molar-refractivity contribution in [1.82, 2.24) is 10.2 Å². The molecule has 0 aliphatic rings. The number of aldehydes is 1. The highest BCUT2D eigenvalue weighted by Crippen LogP contribution is 2.23. The lowest BCUT2D eigenvalue weighted by Gasteiger charge is -1.87. The smallest absolute Gasteiger partial charge is 0.203 e. The lowest BCUT2D eigenvalue weighted by Crippen LogP contribution is -1.80. The molecular formula is C5H7N3OS2. The average molecular weight is 189 g/mol. The van der Waals surface area contributed by atoms with Crippen LogP contribution in [0.4, 0.5) is 5.13 Å². The second kappa shape index (κ2) is 4.30. The lowest BCUT2D eigenvalue weighted by molar-refractivity contribution is -0.107. The van der Waals surface area contributed by atoms with Crippen LogP contribution in [-0.4, -0.2) is 22.2 Å². The van der Waals surface area contributed by atoms with Gasteiger partial charge in [-0.15, -0.1) is 10.2 Å². The second-order valence-electron chi connectivity index (χ2n) is 1.71. The molecule has 2 N–H and O–H groups in total. The van der Waals surface area contributed by atoms with E-state index in [9.17, 15) is 4.79 Å². The van der Waals surface area contributed by atoms with Crippen molar-refractivity contribution in [3.8, 4) is 0 Å². The van der Waals surface area contributed by atoms with Crippen LogP contribution in [0, 0.1) is 0 Å². The first-order chi connectivity index (χ1) is 5.33. The van der Waals surface area contributed by atoms with Crippen molar-refractivity contribution in [2.24, 2.45) is 0 Å². The molecule has 0 amide bonds. The molecule has 0 aliphatic carbocycles. The van der Waals surface area contributed by atoms with E-state index in [2.05, 4.69) is 10.2 Å². The van der Waals surface area contributed by atoms with Crippen LogP contribution in [0.5, 0.6) is 0 Å². The summed E-state index contributed by atoms with van der Waals surface area (Å²) in [6.07, 6.45) is 1.43. The monoisotopic (exact) mass is 189 g/mol. The predicted molar refractivity (Wildman–Crippen MR) is 45.7 cm³/mol. The van der Waals surface area contributed by atoms with Gasteiger partial charge < -0.3 is 10.5 Å². The third-order valence-corrected chi connectivity index (χ3v) is 2.80. The largest absolute Gasteiger partial charge is 0.374 e. The summed E-state index contributed by atoms with van der Waals surface area (Å²) in [4.78, 5) is 9.93. The first kappa shape index (κ1) is 8.48. The Kier molecular flexibility index (Phi) is 3.31. The fourth-order valence-corrected chi connectivity index (χ4v) is 2.04. The van der Waals surface area contributed by atoms with Crippen molar-refractivity contribution < 1.29 is 4.79 Å². The molecule has 60 valence electrons. The Balaban J connectivity index is 2.32. The molecule has 11 heavy (non-hydrogen) atoms. The zero-order valence-corrected chi connectivity index (χ0v) is 7.32. The Morgan fingerprint density at radius 3 is 3.00 bits per heavy atom. The molecule has 0 unspecified atom stereocenters. The first-order valence-corrected chi connectivity index (χ1v) is 4.78. The summed E-state index contributed by atoms with van der Waals surface area (Å²) in [6.45, 7) is 0. The van der Waals surface area contributed by atoms with Crippen molar-refractivity contribution in [1.29, 1.82) is 0 Å². The summed E-state index contributed by atoms with van der Waals surface area (Å²) in [7, 11) is 0. The molecule has 0 radical (unpaired) electrons. The van der Waals surface area contributed by atoms with Crippen LogP contribution in [0.2, 0.25) is 0 Å². The molecule has 4 nitrogen and oxygen atoms in total. The van der Waals surface area contributed by atoms with Gasteiger partial charge in [-0.2, -0.15) is 0 Å². The molecule has 0 saturated heterocycles. The van der Waals surface area contributed by atoms with Gasteiger partial charge in [-0.3, -0.25) is 0 Å². The van der Waals surface area contributed by atoms with Gasteiger partial charge in [0.05, 0.1) is 0 Å². The van der Waals surface area contributed by atoms with Crippen LogP contribution in [0.15, 0.2) is 4.34 Å². The number of thioether (sulfide) groups is 1. The minimum Gasteiger partial charge on any atom is -0.374 e. The van der Waals surface area contributed by atoms with Gasteiger partial charge in [-0.05, 0) is 0 Å². The molecule has 1 rings (SSSR count). The summed E-state index contributed by atoms with van der Waals surface area (Å²) in [5.74, 6) is 0.748. The Labute approximate surface area is 72.2 Å². The van der Waals surface area contributed by atoms with Crippen LogP contribution in [0.3, 0.4) is 0 Å². The van der Waals surface area contributed by atoms with E-state index in [0.29, 0.717) is 11.6 Å². The van der Waals surface area contributed by atoms with E-state index in [1.54, 1.807) is 0 Å². The molecule has 1 aromatic heterocycles. The summed E-state index contributed by atoms with van der Waals surface area (Å²) in [5, 5.41) is 7.88. The fourth-order valence-electron chi connectivity index (χ4n) is 0.473. The minimum atomic E-state index is 0.471. The van der Waals surface area contributed by atoms with Crippen LogP contribution in [0.25, 0.3) is 0 Å². The van der Waals surface area contributed by atoms with E-state index in [1.807, 2.05) is 0 Å². The maximum atomic E-state index is 9.93. The molecule has 6 heteroatoms. The number of nitrogens with two attached hydrogens (primary N) is 1. The standard InChI is InChI=1S/C5H7N3OS2/c6-4-7-8-5(11-4)10-3-1-2-9/h2H,1,3H2,(H2,6,7). The maximum Gasteiger partial charge on any atom is 0.203 e. The highest BCUT2D eigenvalue weighted by molar-refractivity contribution is 8.01. The van der Waals surface area contributed by atoms with Gasteiger partial charge in [-0.1, -0.05) is 23.1 Å². The maximum absolute atomic E-state index is 9.93. The summed E-state index contributed by atoms with van der Waals surface area (Å²) in [6, 6.07) is 0. The van der Waals surface area contributed by atoms with Gasteiger partial charge in [0.25, 0.3) is 0 Å². The number of hydrogen-bond donors (Lipinski definition) is 1. The zero-order valence-electron chi connectivity index (χ0n) is 5.69. The van der Waals surface area contributed by atoms with E-state index in [1.165, 1.54) is 23.1 Å². The molecule has 0 atom stereocenters. The molecular weight excluding hydrogens is 182 g/mol. The molecule has 1 heterocycles. The fraction of sp³-hybridized carbons (Fsp3) is 0.400. The third kappa shape index (κ3) is 2.85. The van der Waals surface area contributed by atoms with Gasteiger partial charge in [0.15, 0.2) is 4.34 Å². The highest BCUT2D eigenvalue weighted by Gasteiger charge is 1.99. The number of nitrogens with zero attached hydrogens (tertiary/aromatic N) is 2. The molecule has 0 spiro atoms. The number of aromatic nitrogens is 2. The summed E-state index contributed by atoms with van der Waals surface area (Å²) in [5.41, 5.74) is 5.34. The number of nitrogen functional groups attached to an aromatic ring is 1. The van der Waals surface area contributed by atoms with E-state index in [0.717, 1.165) is 16.4 Å². The van der Waals surface area contributed by atoms with Crippen molar-refractivity contribution in [2.45, 2.75) is 10.8 Å². The van der Waals surface area contributed by atoms with Gasteiger partial charge in [0, 0.05) is 12.2 Å². The minimum absolute atomic E-state index is 0.471. The number of carbonyl (C=O) groups excluding carboxylic acids is 1. The number of anilines is 1. The van der Waals surface area contributed by atoms with Crippen molar-refractivity contribution in [2.75, 3.05) is 11.5 Å². The van der Waals surface area contributed by atoms with Crippen LogP contribution in [-0.2, 0) is 4.79 Å². The van der Waals surface area contributed by atoms with Gasteiger partial charge >= 0.3 is 0 Å². The van der Waals surface area contributed by atoms with Gasteiger partial charge in [-0.25, -0.2) is 0 Å². The molecule has 0 fully saturated rings. The van der Waals surface area contributed by atoms with E-state index in [-0.39, 0.29) is 0 Å². The topological polar surface area (TPSA) is 68.9 Å². The third-order valence-electron chi connectivity index (χ3n) is 0.883. The number of rotatable bonds is 4. The molecule has 0 aliphatic heterocycles. The van der Waals surface area contributed by atoms with Crippen molar-refractivity contribution in [3.63, 3.8) is 0 Å². The van der Waals surface area contributed by atoms with Gasteiger partial charge in [0.2, 0.25) is 5.13 Å². The van der Waals surface area contributed by atoms with E-state index in [4.69, 9.17) is 5.73 Å². The van der Waals surface area contributed by atoms with Crippen LogP contribution in [0.1, 0.15) is 6.42 Å². The molecule has 0 aromatic carbocycles. The molecule has 1 aromatic rings. The predicted octanol–water partition coefficient (Wildman–Crippen LogP) is 0.801. The zero-order chi connectivity index (χ0) is 8.10. The Hall–Kier alpha value is -0.620. The van der Waals surface area contributed by atoms with Crippen molar-refractivity contribution in [3.05, 3.63) is 0 Å². The van der Waals surface area contributed by atoms with Gasteiger partial charge in [0.1, 0.15) is 6.29 Å². The average Bonchev–Trinajstić information content (AvgIpc) is 2.37. The number of carbonyl (C=O) groups is 1. The quantitative estimate of drug-likeness (QED) is 0.431. The van der Waals surface area contributed by atoms with E-state index < -0.39 is 0 Å². The second-order valence-corrected chi connectivity index (χ2v) is 4.06. The van der Waals surface area contributed by atoms with E-state index >= 15 is 0 Å². The molecule has 0 saturated carbocycles. The Morgan fingerprint density at radius 1 is 1.64 bits per heavy atom. The molecule has 0 bridgehead atoms. The highest BCUT2D eigenvalue weighted by atomic mass is 32.2. The number of hydrogen-bond acceptors (Lipinski definition) is 6. The Bertz CT molecular complexity index is 237. The van der Waals surface area contributed by atoms with Crippen LogP contribution >= 0.6 is 23.1 Å². The lowest BCUT2D eigenvalue weighted by atomic mass is 10.6. The summed E-state index contributed by atoms with van der Waals surface area (Å²) < 4.78 is 0.823. The normalized spacial score (nSPS) is 9.82. The summed E-state index contributed by atoms with van der Waals surface area (Å²) >= 11 is 2.84.